The van der Waals surface area contributed by atoms with Crippen molar-refractivity contribution in [1.29, 1.82) is 5.26 Å². The van der Waals surface area contributed by atoms with Gasteiger partial charge in [-0.3, -0.25) is 4.98 Å². The molecule has 50 heavy (non-hydrogen) atoms. The van der Waals surface area contributed by atoms with E-state index in [9.17, 15) is 14.9 Å². The molecule has 4 aromatic rings. The molecule has 2 unspecified atom stereocenters. The third kappa shape index (κ3) is 5.11. The number of ether oxygens (including phenoxy) is 2. The highest BCUT2D eigenvalue weighted by molar-refractivity contribution is 7.23. The predicted molar refractivity (Wildman–Crippen MR) is 180 cm³/mol. The number of nitrogen functional groups attached to an aromatic ring is 1. The molecule has 4 fully saturated rings. The molecule has 0 amide bonds. The number of rotatable bonds is 7. The van der Waals surface area contributed by atoms with Crippen LogP contribution in [-0.2, 0) is 18.0 Å². The zero-order valence-electron chi connectivity index (χ0n) is 27.2. The molecule has 2 atom stereocenters. The number of fused-ring (bicyclic) bond motifs is 6. The number of hydrogen-bond acceptors (Lipinski definition) is 12. The van der Waals surface area contributed by atoms with Crippen LogP contribution < -0.4 is 15.4 Å². The van der Waals surface area contributed by atoms with Crippen molar-refractivity contribution in [2.45, 2.75) is 63.8 Å². The first-order chi connectivity index (χ1) is 24.3. The van der Waals surface area contributed by atoms with Crippen molar-refractivity contribution < 1.29 is 27.9 Å². The van der Waals surface area contributed by atoms with E-state index in [2.05, 4.69) is 20.9 Å². The number of likely N-dealkylation sites (tertiary alicyclic amines) is 1. The fourth-order valence-electron chi connectivity index (χ4n) is 8.43. The number of anilines is 2. The summed E-state index contributed by atoms with van der Waals surface area (Å²) in [6.07, 6.45) is 6.81. The van der Waals surface area contributed by atoms with Crippen LogP contribution in [0.25, 0.3) is 32.2 Å². The van der Waals surface area contributed by atoms with Gasteiger partial charge in [0.15, 0.2) is 11.6 Å². The molecule has 260 valence electrons. The fraction of sp³-hybridized carbons (Fsp3) is 0.486. The summed E-state index contributed by atoms with van der Waals surface area (Å²) >= 11 is 0.928. The molecule has 5 aliphatic rings. The topological polar surface area (TPSA) is 137 Å². The zero-order valence-corrected chi connectivity index (χ0v) is 28.0. The Kier molecular flexibility index (Phi) is 7.66. The Balaban J connectivity index is 1.18. The minimum atomic E-state index is -0.689. The maximum atomic E-state index is 17.4. The number of hydrogen-bond donors (Lipinski definition) is 2. The molecule has 3 aromatic heterocycles. The number of thiophene rings is 1. The van der Waals surface area contributed by atoms with E-state index in [0.29, 0.717) is 54.9 Å². The number of halogens is 3. The SMILES string of the molecule is N#Cc1c(N)sc2c(F)cnc(-c3c4c(c5c(N6C7CCC6CN(O)C7)nc(OCC6(CN7CCC(=CF)CC7)CC6)nc5c3F)COC4)c12. The lowest BCUT2D eigenvalue weighted by Gasteiger charge is -2.39. The Hall–Kier alpha value is -4.07. The zero-order chi connectivity index (χ0) is 34.3. The molecule has 1 saturated carbocycles. The van der Waals surface area contributed by atoms with Gasteiger partial charge in [-0.1, -0.05) is 0 Å². The highest BCUT2D eigenvalue weighted by Gasteiger charge is 2.46. The van der Waals surface area contributed by atoms with Crippen LogP contribution in [0.2, 0.25) is 0 Å². The summed E-state index contributed by atoms with van der Waals surface area (Å²) in [4.78, 5) is 18.6. The van der Waals surface area contributed by atoms with Gasteiger partial charge in [-0.25, -0.2) is 13.2 Å². The molecule has 1 aromatic carbocycles. The number of piperazine rings is 1. The van der Waals surface area contributed by atoms with Crippen LogP contribution in [0.1, 0.15) is 55.2 Å². The lowest BCUT2D eigenvalue weighted by atomic mass is 9.93. The summed E-state index contributed by atoms with van der Waals surface area (Å²) < 4.78 is 57.9. The van der Waals surface area contributed by atoms with Crippen LogP contribution >= 0.6 is 11.3 Å². The summed E-state index contributed by atoms with van der Waals surface area (Å²) in [5.74, 6) is -0.794. The molecule has 11 nitrogen and oxygen atoms in total. The fourth-order valence-corrected chi connectivity index (χ4v) is 9.35. The van der Waals surface area contributed by atoms with Gasteiger partial charge < -0.3 is 30.2 Å². The van der Waals surface area contributed by atoms with Gasteiger partial charge in [0.25, 0.3) is 0 Å². The number of piperidine rings is 1. The maximum Gasteiger partial charge on any atom is 0.319 e. The molecule has 0 spiro atoms. The molecule has 7 heterocycles. The van der Waals surface area contributed by atoms with E-state index in [1.165, 1.54) is 5.06 Å². The average Bonchev–Trinajstić information content (AvgIpc) is 3.39. The van der Waals surface area contributed by atoms with E-state index < -0.39 is 11.6 Å². The molecule has 3 saturated heterocycles. The highest BCUT2D eigenvalue weighted by Crippen LogP contribution is 2.49. The smallest absolute Gasteiger partial charge is 0.319 e. The second kappa shape index (κ2) is 12.0. The second-order valence-corrected chi connectivity index (χ2v) is 15.4. The van der Waals surface area contributed by atoms with Gasteiger partial charge in [-0.05, 0) is 55.2 Å². The largest absolute Gasteiger partial charge is 0.463 e. The van der Waals surface area contributed by atoms with Crippen molar-refractivity contribution >= 4 is 43.1 Å². The molecular formula is C35H35F3N8O3S. The monoisotopic (exact) mass is 704 g/mol. The number of pyridine rings is 1. The van der Waals surface area contributed by atoms with E-state index in [1.807, 2.05) is 0 Å². The molecule has 1 aliphatic carbocycles. The first-order valence-corrected chi connectivity index (χ1v) is 17.8. The Morgan fingerprint density at radius 3 is 2.56 bits per heavy atom. The van der Waals surface area contributed by atoms with Crippen molar-refractivity contribution in [3.8, 4) is 23.3 Å². The lowest BCUT2D eigenvalue weighted by Crippen LogP contribution is -2.53. The molecule has 4 aliphatic heterocycles. The summed E-state index contributed by atoms with van der Waals surface area (Å²) in [7, 11) is 0. The van der Waals surface area contributed by atoms with E-state index in [4.69, 9.17) is 25.2 Å². The van der Waals surface area contributed by atoms with Gasteiger partial charge in [0.2, 0.25) is 0 Å². The lowest BCUT2D eigenvalue weighted by molar-refractivity contribution is -0.104. The van der Waals surface area contributed by atoms with Crippen molar-refractivity contribution in [2.24, 2.45) is 5.41 Å². The van der Waals surface area contributed by atoms with Gasteiger partial charge in [0, 0.05) is 61.2 Å². The summed E-state index contributed by atoms with van der Waals surface area (Å²) in [5.41, 5.74) is 8.40. The minimum absolute atomic E-state index is 0.0301. The van der Waals surface area contributed by atoms with Crippen molar-refractivity contribution in [3.63, 3.8) is 0 Å². The van der Waals surface area contributed by atoms with Crippen molar-refractivity contribution in [2.75, 3.05) is 50.0 Å². The Labute approximate surface area is 289 Å². The third-order valence-electron chi connectivity index (χ3n) is 11.2. The molecule has 2 bridgehead atoms. The number of nitrogens with zero attached hydrogens (tertiary/aromatic N) is 7. The number of hydroxylamine groups is 2. The summed E-state index contributed by atoms with van der Waals surface area (Å²) in [5, 5.41) is 22.6. The number of aromatic nitrogens is 3. The quantitative estimate of drug-likeness (QED) is 0.241. The van der Waals surface area contributed by atoms with Gasteiger partial charge >= 0.3 is 6.01 Å². The van der Waals surface area contributed by atoms with Gasteiger partial charge in [-0.2, -0.15) is 20.3 Å². The summed E-state index contributed by atoms with van der Waals surface area (Å²) in [6, 6.07) is 2.01. The minimum Gasteiger partial charge on any atom is -0.463 e. The van der Waals surface area contributed by atoms with E-state index in [1.54, 1.807) is 0 Å². The molecule has 3 N–H and O–H groups in total. The number of benzene rings is 1. The highest BCUT2D eigenvalue weighted by atomic mass is 32.1. The van der Waals surface area contributed by atoms with Gasteiger partial charge in [-0.15, -0.1) is 11.3 Å². The third-order valence-corrected chi connectivity index (χ3v) is 12.2. The number of nitrogens with two attached hydrogens (primary N) is 1. The molecule has 15 heteroatoms. The van der Waals surface area contributed by atoms with E-state index in [0.717, 1.165) is 74.8 Å². The Morgan fingerprint density at radius 2 is 1.86 bits per heavy atom. The van der Waals surface area contributed by atoms with E-state index in [-0.39, 0.29) is 74.1 Å². The van der Waals surface area contributed by atoms with E-state index >= 15 is 8.78 Å². The molecule has 9 rings (SSSR count). The Bertz CT molecular complexity index is 2110. The summed E-state index contributed by atoms with van der Waals surface area (Å²) in [6.45, 7) is 3.84. The standard InChI is InChI=1S/C35H35F3N8O3S/c36-9-18-3-7-44(8-4-18)16-35(5-6-35)17-49-34-42-30-27(33(43-34)46-19-1-2-20(46)13-45(47)12-19)23-15-48-14-22(23)25(28(30)38)29-26-21(10-39)32(40)50-31(26)24(37)11-41-29/h9,11,19-20,47H,1-8,12-17,40H2. The number of nitriles is 1. The molecular weight excluding hydrogens is 669 g/mol. The second-order valence-electron chi connectivity index (χ2n) is 14.3. The average molecular weight is 705 g/mol. The van der Waals surface area contributed by atoms with Crippen LogP contribution in [-0.4, -0.2) is 81.5 Å². The van der Waals surface area contributed by atoms with Gasteiger partial charge in [0.1, 0.15) is 22.4 Å². The molecule has 0 radical (unpaired) electrons. The predicted octanol–water partition coefficient (Wildman–Crippen LogP) is 5.82. The van der Waals surface area contributed by atoms with Crippen LogP contribution in [0.3, 0.4) is 0 Å². The normalized spacial score (nSPS) is 23.1. The van der Waals surface area contributed by atoms with Crippen molar-refractivity contribution in [3.05, 3.63) is 46.4 Å². The van der Waals surface area contributed by atoms with Gasteiger partial charge in [0.05, 0.1) is 53.7 Å². The van der Waals surface area contributed by atoms with Crippen molar-refractivity contribution in [1.82, 2.24) is 24.9 Å². The maximum absolute atomic E-state index is 17.4. The van der Waals surface area contributed by atoms with Crippen LogP contribution in [0.4, 0.5) is 24.0 Å². The first-order valence-electron chi connectivity index (χ1n) is 17.0. The van der Waals surface area contributed by atoms with Crippen LogP contribution in [0.5, 0.6) is 6.01 Å². The Morgan fingerprint density at radius 1 is 1.12 bits per heavy atom. The van der Waals surface area contributed by atoms with Crippen LogP contribution in [0.15, 0.2) is 18.1 Å². The van der Waals surface area contributed by atoms with Crippen LogP contribution in [0, 0.1) is 28.4 Å². The first kappa shape index (κ1) is 31.9.